The Morgan fingerprint density at radius 2 is 2.09 bits per heavy atom. The van der Waals surface area contributed by atoms with Gasteiger partial charge in [-0.2, -0.15) is 14.0 Å². The molecular weight excluding hydrogens is 442 g/mol. The highest BCUT2D eigenvalue weighted by Crippen LogP contribution is 2.26. The van der Waals surface area contributed by atoms with Crippen molar-refractivity contribution in [3.63, 3.8) is 0 Å². The largest absolute Gasteiger partial charge is 0.710 e. The Morgan fingerprint density at radius 1 is 1.28 bits per heavy atom. The Balaban J connectivity index is 1.71. The van der Waals surface area contributed by atoms with Gasteiger partial charge < -0.3 is 10.5 Å². The van der Waals surface area contributed by atoms with Crippen molar-refractivity contribution >= 4 is 23.3 Å². The van der Waals surface area contributed by atoms with Crippen molar-refractivity contribution in [1.29, 1.82) is 5.26 Å². The van der Waals surface area contributed by atoms with Gasteiger partial charge in [0, 0.05) is 31.2 Å². The van der Waals surface area contributed by atoms with E-state index in [1.807, 2.05) is 6.07 Å². The summed E-state index contributed by atoms with van der Waals surface area (Å²) in [5.74, 6) is -4.10. The third-order valence-electron chi connectivity index (χ3n) is 4.41. The number of anilines is 1. The van der Waals surface area contributed by atoms with Gasteiger partial charge in [-0.15, -0.1) is 0 Å². The molecule has 0 saturated heterocycles. The Bertz CT molecular complexity index is 1150. The van der Waals surface area contributed by atoms with Crippen LogP contribution in [0.2, 0.25) is 5.02 Å². The van der Waals surface area contributed by atoms with Crippen LogP contribution < -0.4 is 15.4 Å². The Kier molecular flexibility index (Phi) is 7.12. The summed E-state index contributed by atoms with van der Waals surface area (Å²) in [5.41, 5.74) is -0.00999. The summed E-state index contributed by atoms with van der Waals surface area (Å²) in [6, 6.07) is 10.1. The zero-order valence-electron chi connectivity index (χ0n) is 16.6. The molecule has 0 aliphatic heterocycles. The second-order valence-corrected chi connectivity index (χ2v) is 7.16. The molecule has 2 N–H and O–H groups in total. The van der Waals surface area contributed by atoms with Gasteiger partial charge in [0.05, 0.1) is 17.0 Å². The molecule has 0 aliphatic carbocycles. The number of hydrogen-bond donors (Lipinski definition) is 2. The molecule has 3 heterocycles. The molecule has 0 fully saturated rings. The van der Waals surface area contributed by atoms with Gasteiger partial charge in [0.25, 0.3) is 5.82 Å². The van der Waals surface area contributed by atoms with E-state index >= 15 is 0 Å². The fraction of sp³-hybridized carbons (Fsp3) is 0.190. The predicted octanol–water partition coefficient (Wildman–Crippen LogP) is 2.70. The summed E-state index contributed by atoms with van der Waals surface area (Å²) < 4.78 is 29.0. The molecule has 0 atom stereocenters. The normalized spacial score (nSPS) is 10.9. The van der Waals surface area contributed by atoms with Crippen molar-refractivity contribution in [2.45, 2.75) is 18.9 Å². The number of aromatic nitrogens is 3. The lowest BCUT2D eigenvalue weighted by Crippen LogP contribution is -2.41. The molecule has 3 rings (SSSR count). The number of nitriles is 1. The van der Waals surface area contributed by atoms with E-state index in [0.717, 1.165) is 0 Å². The molecule has 0 aliphatic rings. The molecule has 0 radical (unpaired) electrons. The molecule has 0 aromatic carbocycles. The molecule has 1 amide bonds. The molecule has 11 heteroatoms. The van der Waals surface area contributed by atoms with Crippen LogP contribution in [0.1, 0.15) is 22.5 Å². The van der Waals surface area contributed by atoms with E-state index in [1.165, 1.54) is 48.9 Å². The number of halogens is 3. The predicted molar refractivity (Wildman–Crippen MR) is 112 cm³/mol. The first-order valence-electron chi connectivity index (χ1n) is 9.35. The van der Waals surface area contributed by atoms with Crippen molar-refractivity contribution in [3.05, 3.63) is 87.7 Å². The maximum atomic E-state index is 14.4. The number of hydrogen-bond acceptors (Lipinski definition) is 6. The SMILES string of the molecule is N#Cc1ccc(NCC(F)(F)c2ccccn2)[n+]([O-])c1CC(=O)NCc1cncc(Cl)c1. The van der Waals surface area contributed by atoms with Crippen molar-refractivity contribution in [1.82, 2.24) is 15.3 Å². The number of nitrogens with one attached hydrogen (secondary N) is 2. The number of nitrogens with zero attached hydrogens (tertiary/aromatic N) is 4. The molecule has 8 nitrogen and oxygen atoms in total. The van der Waals surface area contributed by atoms with E-state index in [0.29, 0.717) is 10.6 Å². The van der Waals surface area contributed by atoms with Gasteiger partial charge in [0.1, 0.15) is 17.5 Å². The van der Waals surface area contributed by atoms with E-state index < -0.39 is 30.5 Å². The fourth-order valence-electron chi connectivity index (χ4n) is 2.82. The molecular formula is C21H17ClF2N6O2. The lowest BCUT2D eigenvalue weighted by Gasteiger charge is -2.18. The maximum absolute atomic E-state index is 14.4. The monoisotopic (exact) mass is 458 g/mol. The fourth-order valence-corrected chi connectivity index (χ4v) is 3.02. The Hall–Kier alpha value is -3.84. The summed E-state index contributed by atoms with van der Waals surface area (Å²) in [5, 5.41) is 27.4. The van der Waals surface area contributed by atoms with Gasteiger partial charge in [0.15, 0.2) is 6.54 Å². The zero-order valence-corrected chi connectivity index (χ0v) is 17.3. The van der Waals surface area contributed by atoms with Crippen molar-refractivity contribution in [2.75, 3.05) is 11.9 Å². The topological polar surface area (TPSA) is 118 Å². The first-order chi connectivity index (χ1) is 15.3. The van der Waals surface area contributed by atoms with E-state index in [4.69, 9.17) is 11.6 Å². The van der Waals surface area contributed by atoms with Crippen LogP contribution in [-0.2, 0) is 23.7 Å². The first kappa shape index (κ1) is 22.8. The lowest BCUT2D eigenvalue weighted by atomic mass is 10.1. The number of alkyl halides is 2. The smallest absolute Gasteiger partial charge is 0.325 e. The number of rotatable bonds is 8. The third-order valence-corrected chi connectivity index (χ3v) is 4.62. The summed E-state index contributed by atoms with van der Waals surface area (Å²) in [6.07, 6.45) is 3.79. The zero-order chi connectivity index (χ0) is 23.1. The van der Waals surface area contributed by atoms with Crippen molar-refractivity contribution < 1.29 is 18.3 Å². The van der Waals surface area contributed by atoms with Crippen molar-refractivity contribution in [2.24, 2.45) is 0 Å². The minimum absolute atomic E-state index is 0.0402. The summed E-state index contributed by atoms with van der Waals surface area (Å²) in [4.78, 5) is 19.9. The second-order valence-electron chi connectivity index (χ2n) is 6.72. The number of amides is 1. The Labute approximate surface area is 187 Å². The maximum Gasteiger partial charge on any atom is 0.325 e. The standard InChI is InChI=1S/C21H17ClF2N6O2/c22-16-7-14(10-26-12-16)11-28-20(31)8-17-15(9-25)4-5-19(30(17)32)29-13-21(23,24)18-3-1-2-6-27-18/h1-7,10,12,29H,8,11,13H2,(H,28,31). The number of carbonyl (C=O) groups excluding carboxylic acids is 1. The average molecular weight is 459 g/mol. The minimum Gasteiger partial charge on any atom is -0.710 e. The van der Waals surface area contributed by atoms with Gasteiger partial charge in [-0.1, -0.05) is 17.7 Å². The van der Waals surface area contributed by atoms with Crippen LogP contribution in [0.15, 0.2) is 55.0 Å². The van der Waals surface area contributed by atoms with Gasteiger partial charge in [0.2, 0.25) is 5.91 Å². The molecule has 3 aromatic heterocycles. The minimum atomic E-state index is -3.34. The van der Waals surface area contributed by atoms with Gasteiger partial charge in [-0.25, -0.2) is 4.73 Å². The molecule has 164 valence electrons. The summed E-state index contributed by atoms with van der Waals surface area (Å²) in [7, 11) is 0. The highest BCUT2D eigenvalue weighted by atomic mass is 35.5. The summed E-state index contributed by atoms with van der Waals surface area (Å²) >= 11 is 5.85. The molecule has 0 unspecified atom stereocenters. The lowest BCUT2D eigenvalue weighted by molar-refractivity contribution is -0.598. The highest BCUT2D eigenvalue weighted by molar-refractivity contribution is 6.30. The van der Waals surface area contributed by atoms with E-state index in [2.05, 4.69) is 20.6 Å². The average Bonchev–Trinajstić information content (AvgIpc) is 2.79. The van der Waals surface area contributed by atoms with Crippen molar-refractivity contribution in [3.8, 4) is 6.07 Å². The molecule has 0 saturated carbocycles. The first-order valence-corrected chi connectivity index (χ1v) is 9.73. The van der Waals surface area contributed by atoms with Crippen LogP contribution in [0.3, 0.4) is 0 Å². The molecule has 3 aromatic rings. The quantitative estimate of drug-likeness (QED) is 0.396. The van der Waals surface area contributed by atoms with E-state index in [9.17, 15) is 24.0 Å². The van der Waals surface area contributed by atoms with Crippen LogP contribution in [-0.4, -0.2) is 22.4 Å². The highest BCUT2D eigenvalue weighted by Gasteiger charge is 2.35. The van der Waals surface area contributed by atoms with E-state index in [-0.39, 0.29) is 28.4 Å². The Morgan fingerprint density at radius 3 is 2.78 bits per heavy atom. The second kappa shape index (κ2) is 9.98. The number of pyridine rings is 3. The van der Waals surface area contributed by atoms with Crippen LogP contribution in [0, 0.1) is 16.5 Å². The molecule has 32 heavy (non-hydrogen) atoms. The van der Waals surface area contributed by atoms with Crippen LogP contribution in [0.4, 0.5) is 14.6 Å². The van der Waals surface area contributed by atoms with Crippen LogP contribution in [0.25, 0.3) is 0 Å². The van der Waals surface area contributed by atoms with E-state index in [1.54, 1.807) is 6.07 Å². The van der Waals surface area contributed by atoms with Gasteiger partial charge in [-0.3, -0.25) is 20.1 Å². The van der Waals surface area contributed by atoms with Crippen LogP contribution >= 0.6 is 11.6 Å². The molecule has 0 spiro atoms. The molecule has 0 bridgehead atoms. The van der Waals surface area contributed by atoms with Gasteiger partial charge in [-0.05, 0) is 29.8 Å². The van der Waals surface area contributed by atoms with Crippen LogP contribution in [0.5, 0.6) is 0 Å². The summed E-state index contributed by atoms with van der Waals surface area (Å²) in [6.45, 7) is -0.785. The van der Waals surface area contributed by atoms with Gasteiger partial charge >= 0.3 is 5.92 Å². The number of carbonyl (C=O) groups is 1. The third kappa shape index (κ3) is 5.65.